The third-order valence-corrected chi connectivity index (χ3v) is 2.09. The second-order valence-corrected chi connectivity index (χ2v) is 3.22. The Kier molecular flexibility index (Phi) is 5.25. The van der Waals surface area contributed by atoms with Gasteiger partial charge in [-0.05, 0) is 19.3 Å². The van der Waals surface area contributed by atoms with Crippen molar-refractivity contribution in [3.05, 3.63) is 0 Å². The summed E-state index contributed by atoms with van der Waals surface area (Å²) in [5, 5.41) is 2.86. The van der Waals surface area contributed by atoms with Crippen LogP contribution >= 0.6 is 12.4 Å². The number of halogens is 1. The SMILES string of the molecule is CCCNC(=O)C1CC(N)C1.Cl. The fraction of sp³-hybridized carbons (Fsp3) is 0.875. The number of hydrogen-bond donors (Lipinski definition) is 2. The molecule has 0 bridgehead atoms. The van der Waals surface area contributed by atoms with E-state index in [0.717, 1.165) is 25.8 Å². The van der Waals surface area contributed by atoms with Gasteiger partial charge in [-0.3, -0.25) is 4.79 Å². The van der Waals surface area contributed by atoms with Gasteiger partial charge < -0.3 is 11.1 Å². The molecule has 1 aliphatic rings. The molecule has 0 atom stereocenters. The van der Waals surface area contributed by atoms with E-state index < -0.39 is 0 Å². The quantitative estimate of drug-likeness (QED) is 0.691. The van der Waals surface area contributed by atoms with Gasteiger partial charge in [0.1, 0.15) is 0 Å². The van der Waals surface area contributed by atoms with Crippen molar-refractivity contribution >= 4 is 18.3 Å². The van der Waals surface area contributed by atoms with Gasteiger partial charge in [0.15, 0.2) is 0 Å². The summed E-state index contributed by atoms with van der Waals surface area (Å²) < 4.78 is 0. The van der Waals surface area contributed by atoms with Crippen molar-refractivity contribution in [1.29, 1.82) is 0 Å². The molecule has 3 N–H and O–H groups in total. The van der Waals surface area contributed by atoms with Crippen LogP contribution in [0.2, 0.25) is 0 Å². The Morgan fingerprint density at radius 3 is 2.58 bits per heavy atom. The first-order chi connectivity index (χ1) is 5.24. The summed E-state index contributed by atoms with van der Waals surface area (Å²) in [6.07, 6.45) is 2.75. The van der Waals surface area contributed by atoms with Gasteiger partial charge in [-0.25, -0.2) is 0 Å². The third-order valence-electron chi connectivity index (χ3n) is 2.09. The molecule has 1 amide bonds. The molecule has 0 aromatic rings. The van der Waals surface area contributed by atoms with Crippen LogP contribution in [0.25, 0.3) is 0 Å². The van der Waals surface area contributed by atoms with E-state index in [4.69, 9.17) is 5.73 Å². The van der Waals surface area contributed by atoms with E-state index in [-0.39, 0.29) is 30.3 Å². The Balaban J connectivity index is 0.00000121. The minimum atomic E-state index is 0. The van der Waals surface area contributed by atoms with Crippen molar-refractivity contribution in [2.45, 2.75) is 32.2 Å². The summed E-state index contributed by atoms with van der Waals surface area (Å²) in [6.45, 7) is 2.84. The van der Waals surface area contributed by atoms with Crippen molar-refractivity contribution in [3.8, 4) is 0 Å². The molecule has 1 rings (SSSR count). The fourth-order valence-corrected chi connectivity index (χ4v) is 1.27. The van der Waals surface area contributed by atoms with Crippen LogP contribution in [-0.2, 0) is 4.79 Å². The molecule has 0 spiro atoms. The van der Waals surface area contributed by atoms with E-state index >= 15 is 0 Å². The minimum absolute atomic E-state index is 0. The standard InChI is InChI=1S/C8H16N2O.ClH/c1-2-3-10-8(11)6-4-7(9)5-6;/h6-7H,2-5,9H2,1H3,(H,10,11);1H. The fourth-order valence-electron chi connectivity index (χ4n) is 1.27. The summed E-state index contributed by atoms with van der Waals surface area (Å²) in [5.74, 6) is 0.394. The van der Waals surface area contributed by atoms with E-state index in [1.54, 1.807) is 0 Å². The van der Waals surface area contributed by atoms with E-state index in [1.807, 2.05) is 6.92 Å². The van der Waals surface area contributed by atoms with Crippen molar-refractivity contribution in [2.75, 3.05) is 6.54 Å². The van der Waals surface area contributed by atoms with Crippen LogP contribution in [0.4, 0.5) is 0 Å². The van der Waals surface area contributed by atoms with Crippen molar-refractivity contribution in [2.24, 2.45) is 11.7 Å². The zero-order valence-electron chi connectivity index (χ0n) is 7.38. The van der Waals surface area contributed by atoms with Crippen molar-refractivity contribution in [1.82, 2.24) is 5.32 Å². The maximum atomic E-state index is 11.2. The van der Waals surface area contributed by atoms with Crippen LogP contribution in [0.1, 0.15) is 26.2 Å². The predicted octanol–water partition coefficient (Wildman–Crippen LogP) is 0.672. The molecule has 0 radical (unpaired) electrons. The molecule has 0 aromatic heterocycles. The number of rotatable bonds is 3. The van der Waals surface area contributed by atoms with Gasteiger partial charge in [0.2, 0.25) is 5.91 Å². The lowest BCUT2D eigenvalue weighted by Crippen LogP contribution is -2.45. The van der Waals surface area contributed by atoms with Gasteiger partial charge in [-0.15, -0.1) is 12.4 Å². The highest BCUT2D eigenvalue weighted by atomic mass is 35.5. The molecule has 4 heteroatoms. The van der Waals surface area contributed by atoms with Gasteiger partial charge in [-0.1, -0.05) is 6.92 Å². The molecule has 0 aromatic carbocycles. The monoisotopic (exact) mass is 192 g/mol. The van der Waals surface area contributed by atoms with Crippen LogP contribution in [0.3, 0.4) is 0 Å². The molecule has 0 saturated heterocycles. The second-order valence-electron chi connectivity index (χ2n) is 3.22. The lowest BCUT2D eigenvalue weighted by atomic mass is 9.80. The van der Waals surface area contributed by atoms with E-state index in [1.165, 1.54) is 0 Å². The Morgan fingerprint density at radius 1 is 1.58 bits per heavy atom. The Bertz CT molecular complexity index is 146. The van der Waals surface area contributed by atoms with Crippen molar-refractivity contribution in [3.63, 3.8) is 0 Å². The van der Waals surface area contributed by atoms with Crippen LogP contribution in [-0.4, -0.2) is 18.5 Å². The average Bonchev–Trinajstić information content (AvgIpc) is 1.94. The second kappa shape index (κ2) is 5.38. The number of carbonyl (C=O) groups is 1. The molecule has 1 fully saturated rings. The minimum Gasteiger partial charge on any atom is -0.356 e. The first kappa shape index (κ1) is 11.7. The summed E-state index contributed by atoms with van der Waals surface area (Å²) in [7, 11) is 0. The van der Waals surface area contributed by atoms with E-state index in [2.05, 4.69) is 5.32 Å². The van der Waals surface area contributed by atoms with Crippen LogP contribution < -0.4 is 11.1 Å². The maximum Gasteiger partial charge on any atom is 0.223 e. The maximum absolute atomic E-state index is 11.2. The molecule has 0 aliphatic heterocycles. The molecule has 12 heavy (non-hydrogen) atoms. The van der Waals surface area contributed by atoms with Gasteiger partial charge in [0.05, 0.1) is 0 Å². The highest BCUT2D eigenvalue weighted by Gasteiger charge is 2.31. The molecule has 0 unspecified atom stereocenters. The lowest BCUT2D eigenvalue weighted by molar-refractivity contribution is -0.127. The highest BCUT2D eigenvalue weighted by molar-refractivity contribution is 5.85. The lowest BCUT2D eigenvalue weighted by Gasteiger charge is -2.30. The van der Waals surface area contributed by atoms with Crippen LogP contribution in [0.15, 0.2) is 0 Å². The Labute approximate surface area is 79.5 Å². The number of carbonyl (C=O) groups excluding carboxylic acids is 1. The molecular formula is C8H17ClN2O. The Hall–Kier alpha value is -0.280. The molecule has 0 heterocycles. The zero-order chi connectivity index (χ0) is 8.27. The van der Waals surface area contributed by atoms with Gasteiger partial charge in [0.25, 0.3) is 0 Å². The molecule has 1 aliphatic carbocycles. The number of nitrogens with one attached hydrogen (secondary N) is 1. The van der Waals surface area contributed by atoms with Gasteiger partial charge >= 0.3 is 0 Å². The first-order valence-corrected chi connectivity index (χ1v) is 4.27. The average molecular weight is 193 g/mol. The summed E-state index contributed by atoms with van der Waals surface area (Å²) in [4.78, 5) is 11.2. The van der Waals surface area contributed by atoms with Crippen LogP contribution in [0.5, 0.6) is 0 Å². The number of nitrogens with two attached hydrogens (primary N) is 1. The topological polar surface area (TPSA) is 55.1 Å². The molecule has 72 valence electrons. The van der Waals surface area contributed by atoms with Gasteiger partial charge in [-0.2, -0.15) is 0 Å². The largest absolute Gasteiger partial charge is 0.356 e. The zero-order valence-corrected chi connectivity index (χ0v) is 8.19. The molecule has 3 nitrogen and oxygen atoms in total. The third kappa shape index (κ3) is 2.99. The number of amides is 1. The van der Waals surface area contributed by atoms with Crippen molar-refractivity contribution < 1.29 is 4.79 Å². The normalized spacial score (nSPS) is 26.8. The Morgan fingerprint density at radius 2 is 2.17 bits per heavy atom. The first-order valence-electron chi connectivity index (χ1n) is 4.27. The molecular weight excluding hydrogens is 176 g/mol. The summed E-state index contributed by atoms with van der Waals surface area (Å²) in [6, 6.07) is 0.271. The van der Waals surface area contributed by atoms with E-state index in [9.17, 15) is 4.79 Å². The molecule has 1 saturated carbocycles. The predicted molar refractivity (Wildman–Crippen MR) is 51.2 cm³/mol. The smallest absolute Gasteiger partial charge is 0.223 e. The number of hydrogen-bond acceptors (Lipinski definition) is 2. The van der Waals surface area contributed by atoms with Gasteiger partial charge in [0, 0.05) is 18.5 Å². The highest BCUT2D eigenvalue weighted by Crippen LogP contribution is 2.25. The summed E-state index contributed by atoms with van der Waals surface area (Å²) >= 11 is 0. The summed E-state index contributed by atoms with van der Waals surface area (Å²) in [5.41, 5.74) is 5.56. The van der Waals surface area contributed by atoms with Crippen LogP contribution in [0, 0.1) is 5.92 Å². The van der Waals surface area contributed by atoms with E-state index in [0.29, 0.717) is 0 Å².